The lowest BCUT2D eigenvalue weighted by atomic mass is 10.1. The van der Waals surface area contributed by atoms with Gasteiger partial charge in [-0.3, -0.25) is 14.5 Å². The molecule has 2 aliphatic heterocycles. The number of nitrogens with one attached hydrogen (secondary N) is 1. The zero-order valence-corrected chi connectivity index (χ0v) is 12.4. The predicted octanol–water partition coefficient (Wildman–Crippen LogP) is 0.766. The van der Waals surface area contributed by atoms with Gasteiger partial charge in [-0.15, -0.1) is 0 Å². The minimum absolute atomic E-state index is 0.0451. The Labute approximate surface area is 127 Å². The molecule has 0 aliphatic carbocycles. The number of nitrogens with zero attached hydrogens (tertiary/aromatic N) is 5. The summed E-state index contributed by atoms with van der Waals surface area (Å²) in [5, 5.41) is 7.20. The monoisotopic (exact) mass is 302 g/mol. The first-order chi connectivity index (χ1) is 10.7. The highest BCUT2D eigenvalue weighted by molar-refractivity contribution is 5.93. The van der Waals surface area contributed by atoms with Gasteiger partial charge >= 0.3 is 6.03 Å². The first-order valence-electron chi connectivity index (χ1n) is 7.41. The Balaban J connectivity index is 1.36. The van der Waals surface area contributed by atoms with Crippen molar-refractivity contribution in [2.24, 2.45) is 0 Å². The minimum atomic E-state index is -0.0451. The number of carbonyl (C=O) groups excluding carboxylic acids is 1. The molecule has 116 valence electrons. The number of carbonyl (C=O) groups is 1. The van der Waals surface area contributed by atoms with E-state index in [1.54, 1.807) is 11.1 Å². The lowest BCUT2D eigenvalue weighted by Crippen LogP contribution is -2.47. The first-order valence-corrected chi connectivity index (χ1v) is 7.41. The molecule has 0 bridgehead atoms. The summed E-state index contributed by atoms with van der Waals surface area (Å²) < 4.78 is 7.17. The van der Waals surface area contributed by atoms with Gasteiger partial charge in [0.15, 0.2) is 6.39 Å². The summed E-state index contributed by atoms with van der Waals surface area (Å²) in [7, 11) is 0. The number of rotatable bonds is 4. The maximum atomic E-state index is 11.7. The third kappa shape index (κ3) is 2.25. The van der Waals surface area contributed by atoms with Crippen molar-refractivity contribution in [3.8, 4) is 0 Å². The van der Waals surface area contributed by atoms with Crippen LogP contribution in [-0.4, -0.2) is 51.9 Å². The average molecular weight is 302 g/mol. The maximum Gasteiger partial charge on any atom is 0.322 e. The molecule has 4 heterocycles. The Hall–Kier alpha value is -2.35. The van der Waals surface area contributed by atoms with E-state index in [-0.39, 0.29) is 6.03 Å². The molecule has 2 aromatic rings. The van der Waals surface area contributed by atoms with E-state index < -0.39 is 0 Å². The lowest BCUT2D eigenvalue weighted by molar-refractivity contribution is 0.0892. The van der Waals surface area contributed by atoms with Crippen LogP contribution in [0.2, 0.25) is 0 Å². The molecule has 0 atom stereocenters. The Kier molecular flexibility index (Phi) is 3.11. The van der Waals surface area contributed by atoms with Crippen molar-refractivity contribution in [1.29, 1.82) is 0 Å². The van der Waals surface area contributed by atoms with Gasteiger partial charge in [0.1, 0.15) is 5.76 Å². The zero-order chi connectivity index (χ0) is 15.1. The molecule has 1 N–H and O–H groups in total. The first kappa shape index (κ1) is 13.3. The number of urea groups is 1. The van der Waals surface area contributed by atoms with Crippen molar-refractivity contribution < 1.29 is 9.21 Å². The highest BCUT2D eigenvalue weighted by Gasteiger charge is 2.31. The molecule has 0 spiro atoms. The normalized spacial score (nSPS) is 19.5. The summed E-state index contributed by atoms with van der Waals surface area (Å²) in [5.41, 5.74) is 1.86. The smallest absolute Gasteiger partial charge is 0.322 e. The Morgan fingerprint density at radius 1 is 1.45 bits per heavy atom. The van der Waals surface area contributed by atoms with Crippen molar-refractivity contribution in [2.75, 3.05) is 31.1 Å². The average Bonchev–Trinajstić information content (AvgIpc) is 3.15. The van der Waals surface area contributed by atoms with Crippen LogP contribution in [0.1, 0.15) is 17.5 Å². The predicted molar refractivity (Wildman–Crippen MR) is 78.5 cm³/mol. The molecule has 22 heavy (non-hydrogen) atoms. The summed E-state index contributed by atoms with van der Waals surface area (Å²) in [4.78, 5) is 19.9. The second-order valence-corrected chi connectivity index (χ2v) is 5.77. The summed E-state index contributed by atoms with van der Waals surface area (Å²) in [5.74, 6) is 0.880. The van der Waals surface area contributed by atoms with Crippen LogP contribution in [0.4, 0.5) is 10.5 Å². The van der Waals surface area contributed by atoms with Gasteiger partial charge in [0.2, 0.25) is 0 Å². The van der Waals surface area contributed by atoms with Crippen molar-refractivity contribution >= 4 is 11.7 Å². The number of oxazole rings is 1. The molecule has 0 unspecified atom stereocenters. The molecule has 8 heteroatoms. The highest BCUT2D eigenvalue weighted by atomic mass is 16.3. The van der Waals surface area contributed by atoms with E-state index in [0.717, 1.165) is 36.8 Å². The van der Waals surface area contributed by atoms with Crippen molar-refractivity contribution in [3.05, 3.63) is 30.2 Å². The fourth-order valence-corrected chi connectivity index (χ4v) is 2.92. The van der Waals surface area contributed by atoms with Crippen LogP contribution in [0.5, 0.6) is 0 Å². The maximum absolute atomic E-state index is 11.7. The molecule has 0 radical (unpaired) electrons. The van der Waals surface area contributed by atoms with Gasteiger partial charge in [-0.05, 0) is 6.92 Å². The Morgan fingerprint density at radius 2 is 2.32 bits per heavy atom. The van der Waals surface area contributed by atoms with Gasteiger partial charge in [0, 0.05) is 38.9 Å². The fraction of sp³-hybridized carbons (Fsp3) is 0.500. The third-order valence-corrected chi connectivity index (χ3v) is 4.29. The summed E-state index contributed by atoms with van der Waals surface area (Å²) >= 11 is 0. The molecule has 8 nitrogen and oxygen atoms in total. The second-order valence-electron chi connectivity index (χ2n) is 5.77. The molecular weight excluding hydrogens is 284 g/mol. The number of anilines is 1. The van der Waals surface area contributed by atoms with E-state index in [0.29, 0.717) is 19.1 Å². The number of hydrogen-bond donors (Lipinski definition) is 1. The van der Waals surface area contributed by atoms with Crippen LogP contribution >= 0.6 is 0 Å². The van der Waals surface area contributed by atoms with E-state index in [1.165, 1.54) is 6.39 Å². The fourth-order valence-electron chi connectivity index (χ4n) is 2.92. The molecule has 0 saturated carbocycles. The van der Waals surface area contributed by atoms with Gasteiger partial charge in [-0.2, -0.15) is 5.10 Å². The topological polar surface area (TPSA) is 79.4 Å². The van der Waals surface area contributed by atoms with Crippen LogP contribution < -0.4 is 10.2 Å². The lowest BCUT2D eigenvalue weighted by Gasteiger charge is -2.38. The molecule has 2 aromatic heterocycles. The third-order valence-electron chi connectivity index (χ3n) is 4.29. The van der Waals surface area contributed by atoms with Crippen LogP contribution in [-0.2, 0) is 6.54 Å². The van der Waals surface area contributed by atoms with Crippen LogP contribution in [0.15, 0.2) is 23.2 Å². The van der Waals surface area contributed by atoms with E-state index in [9.17, 15) is 4.79 Å². The number of hydrogen-bond acceptors (Lipinski definition) is 5. The largest absolute Gasteiger partial charge is 0.448 e. The molecular formula is C14H18N6O2. The number of aromatic nitrogens is 3. The van der Waals surface area contributed by atoms with Gasteiger partial charge in [0.05, 0.1) is 23.6 Å². The van der Waals surface area contributed by atoms with E-state index in [2.05, 4.69) is 20.3 Å². The van der Waals surface area contributed by atoms with Crippen molar-refractivity contribution in [3.63, 3.8) is 0 Å². The van der Waals surface area contributed by atoms with E-state index in [1.807, 2.05) is 17.8 Å². The Bertz CT molecular complexity index is 687. The van der Waals surface area contributed by atoms with Crippen molar-refractivity contribution in [2.45, 2.75) is 19.5 Å². The quantitative estimate of drug-likeness (QED) is 0.902. The van der Waals surface area contributed by atoms with E-state index >= 15 is 0 Å². The molecule has 2 fully saturated rings. The van der Waals surface area contributed by atoms with Crippen LogP contribution in [0.25, 0.3) is 0 Å². The second kappa shape index (κ2) is 5.13. The molecule has 2 saturated heterocycles. The summed E-state index contributed by atoms with van der Waals surface area (Å²) in [6.07, 6.45) is 5.20. The van der Waals surface area contributed by atoms with Gasteiger partial charge < -0.3 is 9.73 Å². The van der Waals surface area contributed by atoms with Gasteiger partial charge in [-0.1, -0.05) is 0 Å². The van der Waals surface area contributed by atoms with E-state index in [4.69, 9.17) is 4.42 Å². The molecule has 0 aromatic carbocycles. The molecule has 4 rings (SSSR count). The number of likely N-dealkylation sites (tertiary alicyclic amines) is 1. The van der Waals surface area contributed by atoms with Crippen LogP contribution in [0.3, 0.4) is 0 Å². The Morgan fingerprint density at radius 3 is 3.00 bits per heavy atom. The van der Waals surface area contributed by atoms with Gasteiger partial charge in [0.25, 0.3) is 0 Å². The highest BCUT2D eigenvalue weighted by Crippen LogP contribution is 2.25. The SMILES string of the molecule is Cc1ocnc1CN1CC(n2cc(N3CCNC3=O)cn2)C1. The number of aryl methyl sites for hydroxylation is 1. The van der Waals surface area contributed by atoms with Crippen molar-refractivity contribution in [1.82, 2.24) is 25.0 Å². The van der Waals surface area contributed by atoms with Crippen LogP contribution in [0, 0.1) is 6.92 Å². The summed E-state index contributed by atoms with van der Waals surface area (Å²) in [6, 6.07) is 0.308. The zero-order valence-electron chi connectivity index (χ0n) is 12.4. The standard InChI is InChI=1S/C14H18N6O2/c1-10-13(16-9-22-10)8-18-5-12(6-18)20-7-11(4-17-20)19-3-2-15-14(19)21/h4,7,9,12H,2-3,5-6,8H2,1H3,(H,15,21). The molecule has 2 amide bonds. The minimum Gasteiger partial charge on any atom is -0.448 e. The van der Waals surface area contributed by atoms with Gasteiger partial charge in [-0.25, -0.2) is 9.78 Å². The number of amides is 2. The molecule has 2 aliphatic rings. The summed E-state index contributed by atoms with van der Waals surface area (Å²) in [6.45, 7) is 5.99.